The maximum Gasteiger partial charge on any atom is 0.231 e. The summed E-state index contributed by atoms with van der Waals surface area (Å²) in [4.78, 5) is 14.1. The Morgan fingerprint density at radius 1 is 1.32 bits per heavy atom. The summed E-state index contributed by atoms with van der Waals surface area (Å²) in [5, 5.41) is 9.45. The molecule has 1 fully saturated rings. The Morgan fingerprint density at radius 3 is 2.47 bits per heavy atom. The Labute approximate surface area is 115 Å². The molecule has 3 nitrogen and oxygen atoms in total. The molecule has 104 valence electrons. The van der Waals surface area contributed by atoms with E-state index in [-0.39, 0.29) is 12.5 Å². The largest absolute Gasteiger partial charge is 0.395 e. The standard InChI is InChI=1S/C16H23NO2/c1-12-5-6-14(9-13(12)2)10-17(3)15(19)16(11-18)7-4-8-16/h5-6,9,18H,4,7-8,10-11H2,1-3H3. The van der Waals surface area contributed by atoms with Gasteiger partial charge in [-0.05, 0) is 43.4 Å². The average Bonchev–Trinajstić information content (AvgIpc) is 2.33. The number of hydrogen-bond acceptors (Lipinski definition) is 2. The van der Waals surface area contributed by atoms with Crippen LogP contribution in [0.5, 0.6) is 0 Å². The Kier molecular flexibility index (Phi) is 3.95. The minimum Gasteiger partial charge on any atom is -0.395 e. The third-order valence-electron chi connectivity index (χ3n) is 4.40. The van der Waals surface area contributed by atoms with Gasteiger partial charge in [-0.3, -0.25) is 4.79 Å². The smallest absolute Gasteiger partial charge is 0.231 e. The highest BCUT2D eigenvalue weighted by Crippen LogP contribution is 2.42. The summed E-state index contributed by atoms with van der Waals surface area (Å²) in [5.74, 6) is 0.0829. The minimum absolute atomic E-state index is 0.0247. The first-order valence-electron chi connectivity index (χ1n) is 6.91. The number of nitrogens with zero attached hydrogens (tertiary/aromatic N) is 1. The molecule has 0 aliphatic heterocycles. The molecule has 1 aliphatic carbocycles. The summed E-state index contributed by atoms with van der Waals surface area (Å²) in [5.41, 5.74) is 3.17. The second-order valence-electron chi connectivity index (χ2n) is 5.87. The molecule has 1 amide bonds. The number of aliphatic hydroxyl groups excluding tert-OH is 1. The summed E-state index contributed by atoms with van der Waals surface area (Å²) in [7, 11) is 1.83. The van der Waals surface area contributed by atoms with Crippen molar-refractivity contribution in [3.63, 3.8) is 0 Å². The van der Waals surface area contributed by atoms with Crippen LogP contribution in [-0.2, 0) is 11.3 Å². The van der Waals surface area contributed by atoms with Crippen LogP contribution in [0.15, 0.2) is 18.2 Å². The fraction of sp³-hybridized carbons (Fsp3) is 0.562. The predicted molar refractivity (Wildman–Crippen MR) is 75.8 cm³/mol. The van der Waals surface area contributed by atoms with Crippen molar-refractivity contribution in [1.29, 1.82) is 0 Å². The highest BCUT2D eigenvalue weighted by Gasteiger charge is 2.44. The van der Waals surface area contributed by atoms with Gasteiger partial charge in [0.2, 0.25) is 5.91 Å². The molecule has 3 heteroatoms. The Bertz CT molecular complexity index is 472. The van der Waals surface area contributed by atoms with E-state index in [1.165, 1.54) is 11.1 Å². The molecule has 2 rings (SSSR count). The first-order chi connectivity index (χ1) is 8.98. The van der Waals surface area contributed by atoms with E-state index < -0.39 is 5.41 Å². The second kappa shape index (κ2) is 5.33. The van der Waals surface area contributed by atoms with E-state index in [2.05, 4.69) is 32.0 Å². The molecule has 1 N–H and O–H groups in total. The molecule has 0 spiro atoms. The van der Waals surface area contributed by atoms with Gasteiger partial charge in [0.05, 0.1) is 12.0 Å². The van der Waals surface area contributed by atoms with Crippen molar-refractivity contribution in [3.05, 3.63) is 34.9 Å². The molecule has 0 saturated heterocycles. The van der Waals surface area contributed by atoms with E-state index in [0.717, 1.165) is 24.8 Å². The lowest BCUT2D eigenvalue weighted by Crippen LogP contribution is -2.48. The second-order valence-corrected chi connectivity index (χ2v) is 5.87. The van der Waals surface area contributed by atoms with Crippen molar-refractivity contribution in [3.8, 4) is 0 Å². The van der Waals surface area contributed by atoms with Crippen molar-refractivity contribution < 1.29 is 9.90 Å². The fourth-order valence-electron chi connectivity index (χ4n) is 2.70. The number of rotatable bonds is 4. The van der Waals surface area contributed by atoms with E-state index in [1.54, 1.807) is 4.90 Å². The van der Waals surface area contributed by atoms with Gasteiger partial charge in [0.25, 0.3) is 0 Å². The SMILES string of the molecule is Cc1ccc(CN(C)C(=O)C2(CO)CCC2)cc1C. The summed E-state index contributed by atoms with van der Waals surface area (Å²) >= 11 is 0. The maximum absolute atomic E-state index is 12.4. The van der Waals surface area contributed by atoms with E-state index in [4.69, 9.17) is 0 Å². The lowest BCUT2D eigenvalue weighted by atomic mass is 9.68. The number of hydrogen-bond donors (Lipinski definition) is 1. The highest BCUT2D eigenvalue weighted by molar-refractivity contribution is 5.83. The molecule has 1 aromatic carbocycles. The normalized spacial score (nSPS) is 16.8. The average molecular weight is 261 g/mol. The molecule has 0 bridgehead atoms. The number of aliphatic hydroxyl groups is 1. The van der Waals surface area contributed by atoms with Crippen LogP contribution in [0.2, 0.25) is 0 Å². The molecule has 0 radical (unpaired) electrons. The highest BCUT2D eigenvalue weighted by atomic mass is 16.3. The van der Waals surface area contributed by atoms with Crippen LogP contribution >= 0.6 is 0 Å². The quantitative estimate of drug-likeness (QED) is 0.904. The minimum atomic E-state index is -0.492. The van der Waals surface area contributed by atoms with Gasteiger partial charge < -0.3 is 10.0 Å². The number of carbonyl (C=O) groups is 1. The van der Waals surface area contributed by atoms with Gasteiger partial charge in [-0.1, -0.05) is 24.6 Å². The molecule has 0 heterocycles. The van der Waals surface area contributed by atoms with E-state index in [9.17, 15) is 9.90 Å². The van der Waals surface area contributed by atoms with Gasteiger partial charge in [0, 0.05) is 13.6 Å². The molecule has 19 heavy (non-hydrogen) atoms. The van der Waals surface area contributed by atoms with Crippen molar-refractivity contribution in [2.24, 2.45) is 5.41 Å². The Balaban J connectivity index is 2.06. The molecule has 0 aromatic heterocycles. The lowest BCUT2D eigenvalue weighted by molar-refractivity contribution is -0.150. The van der Waals surface area contributed by atoms with Crippen LogP contribution in [0.4, 0.5) is 0 Å². The maximum atomic E-state index is 12.4. The van der Waals surface area contributed by atoms with Gasteiger partial charge in [-0.15, -0.1) is 0 Å². The third kappa shape index (κ3) is 2.66. The zero-order valence-corrected chi connectivity index (χ0v) is 12.1. The summed E-state index contributed by atoms with van der Waals surface area (Å²) in [6.07, 6.45) is 2.68. The van der Waals surface area contributed by atoms with Crippen LogP contribution in [-0.4, -0.2) is 29.6 Å². The van der Waals surface area contributed by atoms with Crippen molar-refractivity contribution in [2.75, 3.05) is 13.7 Å². The molecule has 1 saturated carbocycles. The van der Waals surface area contributed by atoms with Gasteiger partial charge in [-0.2, -0.15) is 0 Å². The van der Waals surface area contributed by atoms with Crippen LogP contribution in [0.3, 0.4) is 0 Å². The van der Waals surface area contributed by atoms with Crippen molar-refractivity contribution >= 4 is 5.91 Å². The molecule has 1 aliphatic rings. The molecular weight excluding hydrogens is 238 g/mol. The molecule has 0 atom stereocenters. The number of benzene rings is 1. The fourth-order valence-corrected chi connectivity index (χ4v) is 2.70. The topological polar surface area (TPSA) is 40.5 Å². The Hall–Kier alpha value is -1.35. The monoisotopic (exact) mass is 261 g/mol. The van der Waals surface area contributed by atoms with Crippen LogP contribution in [0, 0.1) is 19.3 Å². The van der Waals surface area contributed by atoms with E-state index >= 15 is 0 Å². The zero-order chi connectivity index (χ0) is 14.0. The van der Waals surface area contributed by atoms with Crippen molar-refractivity contribution in [2.45, 2.75) is 39.7 Å². The predicted octanol–water partition coefficient (Wildman–Crippen LogP) is 2.42. The molecular formula is C16H23NO2. The van der Waals surface area contributed by atoms with E-state index in [0.29, 0.717) is 6.54 Å². The van der Waals surface area contributed by atoms with Crippen LogP contribution < -0.4 is 0 Å². The van der Waals surface area contributed by atoms with Gasteiger partial charge in [0.1, 0.15) is 0 Å². The van der Waals surface area contributed by atoms with E-state index in [1.807, 2.05) is 7.05 Å². The van der Waals surface area contributed by atoms with Gasteiger partial charge in [-0.25, -0.2) is 0 Å². The zero-order valence-electron chi connectivity index (χ0n) is 12.1. The molecule has 1 aromatic rings. The number of aryl methyl sites for hydroxylation is 2. The summed E-state index contributed by atoms with van der Waals surface area (Å²) < 4.78 is 0. The third-order valence-corrected chi connectivity index (χ3v) is 4.40. The van der Waals surface area contributed by atoms with Crippen LogP contribution in [0.1, 0.15) is 36.0 Å². The van der Waals surface area contributed by atoms with Crippen LogP contribution in [0.25, 0.3) is 0 Å². The summed E-state index contributed by atoms with van der Waals surface area (Å²) in [6.45, 7) is 4.76. The lowest BCUT2D eigenvalue weighted by Gasteiger charge is -2.41. The van der Waals surface area contributed by atoms with Crippen molar-refractivity contribution in [1.82, 2.24) is 4.90 Å². The van der Waals surface area contributed by atoms with Gasteiger partial charge >= 0.3 is 0 Å². The first-order valence-corrected chi connectivity index (χ1v) is 6.91. The molecule has 0 unspecified atom stereocenters. The first kappa shape index (κ1) is 14.1. The number of amides is 1. The summed E-state index contributed by atoms with van der Waals surface area (Å²) in [6, 6.07) is 6.29. The number of carbonyl (C=O) groups excluding carboxylic acids is 1. The Morgan fingerprint density at radius 2 is 2.00 bits per heavy atom. The van der Waals surface area contributed by atoms with Gasteiger partial charge in [0.15, 0.2) is 0 Å².